The minimum atomic E-state index is -0.161. The monoisotopic (exact) mass is 438 g/mol. The maximum absolute atomic E-state index is 12.4. The molecule has 0 aliphatic carbocycles. The summed E-state index contributed by atoms with van der Waals surface area (Å²) in [5.41, 5.74) is 1.43. The molecule has 0 radical (unpaired) electrons. The van der Waals surface area contributed by atoms with Crippen LogP contribution in [0.4, 0.5) is 5.13 Å². The first kappa shape index (κ1) is 14.7. The summed E-state index contributed by atoms with van der Waals surface area (Å²) >= 11 is 3.57. The number of carbonyl (C=O) groups excluding carboxylic acids is 1. The largest absolute Gasteiger partial charge is 0.486 e. The minimum absolute atomic E-state index is 0.161. The lowest BCUT2D eigenvalue weighted by molar-refractivity contribution is 0.102. The number of benzene rings is 2. The number of hydrogen-bond donors (Lipinski definition) is 1. The summed E-state index contributed by atoms with van der Waals surface area (Å²) in [4.78, 5) is 16.8. The number of anilines is 1. The topological polar surface area (TPSA) is 60.5 Å². The van der Waals surface area contributed by atoms with Crippen molar-refractivity contribution in [2.24, 2.45) is 0 Å². The van der Waals surface area contributed by atoms with E-state index in [1.165, 1.54) is 11.3 Å². The van der Waals surface area contributed by atoms with Gasteiger partial charge < -0.3 is 9.47 Å². The molecule has 1 aliphatic heterocycles. The highest BCUT2D eigenvalue weighted by Gasteiger charge is 2.17. The summed E-state index contributed by atoms with van der Waals surface area (Å²) in [5.74, 6) is 1.26. The van der Waals surface area contributed by atoms with E-state index in [0.29, 0.717) is 29.7 Å². The van der Waals surface area contributed by atoms with Gasteiger partial charge in [-0.3, -0.25) is 10.1 Å². The van der Waals surface area contributed by atoms with Crippen LogP contribution in [0, 0.1) is 3.57 Å². The first-order valence-corrected chi connectivity index (χ1v) is 8.86. The molecule has 4 rings (SSSR count). The zero-order chi connectivity index (χ0) is 15.8. The first-order chi connectivity index (χ1) is 11.2. The Hall–Kier alpha value is -1.87. The average Bonchev–Trinajstić information content (AvgIpc) is 2.93. The highest BCUT2D eigenvalue weighted by atomic mass is 127. The van der Waals surface area contributed by atoms with Gasteiger partial charge in [0.15, 0.2) is 16.6 Å². The second-order valence-corrected chi connectivity index (χ2v) is 7.11. The highest BCUT2D eigenvalue weighted by Crippen LogP contribution is 2.37. The Balaban J connectivity index is 1.64. The van der Waals surface area contributed by atoms with Gasteiger partial charge in [0.05, 0.1) is 15.8 Å². The van der Waals surface area contributed by atoms with Gasteiger partial charge in [-0.25, -0.2) is 4.98 Å². The van der Waals surface area contributed by atoms with Crippen molar-refractivity contribution in [2.75, 3.05) is 18.5 Å². The quantitative estimate of drug-likeness (QED) is 0.617. The molecule has 2 heterocycles. The number of rotatable bonds is 2. The van der Waals surface area contributed by atoms with Gasteiger partial charge in [0.1, 0.15) is 13.2 Å². The zero-order valence-corrected chi connectivity index (χ0v) is 14.8. The fourth-order valence-electron chi connectivity index (χ4n) is 2.33. The maximum atomic E-state index is 12.4. The number of fused-ring (bicyclic) bond motifs is 2. The molecule has 1 aromatic heterocycles. The van der Waals surface area contributed by atoms with Crippen LogP contribution in [0.5, 0.6) is 11.5 Å². The van der Waals surface area contributed by atoms with E-state index >= 15 is 0 Å². The molecule has 0 atom stereocenters. The summed E-state index contributed by atoms with van der Waals surface area (Å²) < 4.78 is 13.0. The Kier molecular flexibility index (Phi) is 3.82. The third-order valence-electron chi connectivity index (χ3n) is 3.39. The molecule has 23 heavy (non-hydrogen) atoms. The second kappa shape index (κ2) is 5.97. The van der Waals surface area contributed by atoms with Gasteiger partial charge >= 0.3 is 0 Å². The van der Waals surface area contributed by atoms with Crippen molar-refractivity contribution in [2.45, 2.75) is 0 Å². The van der Waals surface area contributed by atoms with E-state index in [9.17, 15) is 4.79 Å². The van der Waals surface area contributed by atoms with E-state index < -0.39 is 0 Å². The van der Waals surface area contributed by atoms with Crippen LogP contribution in [0.25, 0.3) is 10.2 Å². The molecule has 7 heteroatoms. The fraction of sp³-hybridized carbons (Fsp3) is 0.125. The highest BCUT2D eigenvalue weighted by molar-refractivity contribution is 14.1. The van der Waals surface area contributed by atoms with Crippen LogP contribution < -0.4 is 14.8 Å². The summed E-state index contributed by atoms with van der Waals surface area (Å²) in [6, 6.07) is 11.2. The standard InChI is InChI=1S/C16H11IN2O3S/c17-10-4-2-1-3-9(10)15(20)19-16-18-11-7-12-13(8-14(11)23-16)22-6-5-21-12/h1-4,7-8H,5-6H2,(H,18,19,20). The van der Waals surface area contributed by atoms with Crippen LogP contribution in [0.3, 0.4) is 0 Å². The molecular formula is C16H11IN2O3S. The molecule has 1 N–H and O–H groups in total. The number of thiazole rings is 1. The Bertz CT molecular complexity index is 866. The third kappa shape index (κ3) is 2.86. The smallest absolute Gasteiger partial charge is 0.258 e. The second-order valence-electron chi connectivity index (χ2n) is 4.92. The van der Waals surface area contributed by atoms with Crippen LogP contribution in [0.15, 0.2) is 36.4 Å². The molecule has 0 bridgehead atoms. The number of amides is 1. The number of halogens is 1. The van der Waals surface area contributed by atoms with Crippen molar-refractivity contribution in [3.63, 3.8) is 0 Å². The van der Waals surface area contributed by atoms with Crippen molar-refractivity contribution in [1.29, 1.82) is 0 Å². The normalized spacial score (nSPS) is 13.1. The van der Waals surface area contributed by atoms with E-state index in [2.05, 4.69) is 32.9 Å². The van der Waals surface area contributed by atoms with Gasteiger partial charge in [-0.1, -0.05) is 23.5 Å². The molecule has 0 saturated carbocycles. The summed E-state index contributed by atoms with van der Waals surface area (Å²) in [7, 11) is 0. The van der Waals surface area contributed by atoms with E-state index in [0.717, 1.165) is 19.5 Å². The van der Waals surface area contributed by atoms with Crippen LogP contribution in [0.2, 0.25) is 0 Å². The SMILES string of the molecule is O=C(Nc1nc2cc3c(cc2s1)OCCO3)c1ccccc1I. The minimum Gasteiger partial charge on any atom is -0.486 e. The predicted octanol–water partition coefficient (Wildman–Crippen LogP) is 3.92. The molecule has 2 aromatic carbocycles. The van der Waals surface area contributed by atoms with Gasteiger partial charge in [-0.05, 0) is 34.7 Å². The van der Waals surface area contributed by atoms with Gasteiger partial charge in [-0.15, -0.1) is 0 Å². The predicted molar refractivity (Wildman–Crippen MR) is 97.7 cm³/mol. The Morgan fingerprint density at radius 2 is 1.91 bits per heavy atom. The lowest BCUT2D eigenvalue weighted by Gasteiger charge is -2.17. The number of nitrogens with zero attached hydrogens (tertiary/aromatic N) is 1. The zero-order valence-electron chi connectivity index (χ0n) is 11.8. The molecule has 0 unspecified atom stereocenters. The molecule has 1 amide bonds. The molecule has 5 nitrogen and oxygen atoms in total. The third-order valence-corrected chi connectivity index (χ3v) is 5.27. The number of hydrogen-bond acceptors (Lipinski definition) is 5. The maximum Gasteiger partial charge on any atom is 0.258 e. The Morgan fingerprint density at radius 3 is 2.70 bits per heavy atom. The van der Waals surface area contributed by atoms with Gasteiger partial charge in [0.25, 0.3) is 5.91 Å². The van der Waals surface area contributed by atoms with Crippen molar-refractivity contribution in [3.05, 3.63) is 45.5 Å². The van der Waals surface area contributed by atoms with Crippen molar-refractivity contribution >= 4 is 55.2 Å². The van der Waals surface area contributed by atoms with E-state index in [-0.39, 0.29) is 5.91 Å². The lowest BCUT2D eigenvalue weighted by Crippen LogP contribution is -2.15. The Morgan fingerprint density at radius 1 is 1.17 bits per heavy atom. The summed E-state index contributed by atoms with van der Waals surface area (Å²) in [6.07, 6.45) is 0. The molecule has 0 spiro atoms. The van der Waals surface area contributed by atoms with Crippen LogP contribution >= 0.6 is 33.9 Å². The van der Waals surface area contributed by atoms with E-state index in [1.807, 2.05) is 30.3 Å². The van der Waals surface area contributed by atoms with Crippen molar-refractivity contribution in [1.82, 2.24) is 4.98 Å². The number of aromatic nitrogens is 1. The fourth-order valence-corrected chi connectivity index (χ4v) is 3.83. The lowest BCUT2D eigenvalue weighted by atomic mass is 10.2. The average molecular weight is 438 g/mol. The number of carbonyl (C=O) groups is 1. The molecule has 3 aromatic rings. The van der Waals surface area contributed by atoms with E-state index in [1.54, 1.807) is 6.07 Å². The van der Waals surface area contributed by atoms with Gasteiger partial charge in [0, 0.05) is 15.7 Å². The summed E-state index contributed by atoms with van der Waals surface area (Å²) in [6.45, 7) is 1.09. The molecular weight excluding hydrogens is 427 g/mol. The van der Waals surface area contributed by atoms with Gasteiger partial charge in [-0.2, -0.15) is 0 Å². The van der Waals surface area contributed by atoms with Crippen LogP contribution in [-0.4, -0.2) is 24.1 Å². The first-order valence-electron chi connectivity index (χ1n) is 6.97. The molecule has 0 fully saturated rings. The van der Waals surface area contributed by atoms with Gasteiger partial charge in [0.2, 0.25) is 0 Å². The van der Waals surface area contributed by atoms with E-state index in [4.69, 9.17) is 9.47 Å². The molecule has 0 saturated heterocycles. The van der Waals surface area contributed by atoms with Crippen molar-refractivity contribution in [3.8, 4) is 11.5 Å². The molecule has 1 aliphatic rings. The molecule has 116 valence electrons. The van der Waals surface area contributed by atoms with Crippen LogP contribution in [0.1, 0.15) is 10.4 Å². The Labute approximate surface area is 149 Å². The summed E-state index contributed by atoms with van der Waals surface area (Å²) in [5, 5.41) is 3.42. The number of ether oxygens (including phenoxy) is 2. The van der Waals surface area contributed by atoms with Crippen LogP contribution in [-0.2, 0) is 0 Å². The van der Waals surface area contributed by atoms with Crippen molar-refractivity contribution < 1.29 is 14.3 Å². The number of nitrogens with one attached hydrogen (secondary N) is 1.